The minimum absolute atomic E-state index is 0.0109. The standard InChI is InChI=1S/C25H40O6/c1-7-24(5,31-22-21(29)20(28)18(27)14-30-22)12-9-16-15(2)17(26)13-19-23(3,4)10-8-11-25(16,19)6/h7,18-22,27-29H,1,8-14H2,2-6H3/t18-,19-,20-,21+,22-,24-,25+/m0/s1. The number of aliphatic hydroxyl groups excluding tert-OH is 3. The summed E-state index contributed by atoms with van der Waals surface area (Å²) >= 11 is 0. The van der Waals surface area contributed by atoms with Crippen LogP contribution in [0.3, 0.4) is 0 Å². The molecule has 0 spiro atoms. The van der Waals surface area contributed by atoms with E-state index in [0.717, 1.165) is 24.8 Å². The molecule has 1 heterocycles. The second kappa shape index (κ2) is 8.71. The van der Waals surface area contributed by atoms with E-state index in [1.165, 1.54) is 5.57 Å². The number of ketones is 1. The SMILES string of the molecule is C=C[C@@](C)(CCC1=C(C)C(=O)C[C@H]2C(C)(C)CCC[C@]12C)O[C@@H]1OC[C@H](O)[C@H](O)[C@H]1O. The van der Waals surface area contributed by atoms with Crippen LogP contribution < -0.4 is 0 Å². The van der Waals surface area contributed by atoms with Gasteiger partial charge in [-0.05, 0) is 61.9 Å². The predicted octanol–water partition coefficient (Wildman–Crippen LogP) is 3.29. The van der Waals surface area contributed by atoms with Crippen LogP contribution in [-0.2, 0) is 14.3 Å². The van der Waals surface area contributed by atoms with Crippen LogP contribution >= 0.6 is 0 Å². The van der Waals surface area contributed by atoms with Gasteiger partial charge in [0, 0.05) is 6.42 Å². The summed E-state index contributed by atoms with van der Waals surface area (Å²) in [5.74, 6) is 0.577. The molecule has 0 unspecified atom stereocenters. The number of fused-ring (bicyclic) bond motifs is 1. The molecule has 1 saturated carbocycles. The van der Waals surface area contributed by atoms with Gasteiger partial charge in [0.2, 0.25) is 0 Å². The van der Waals surface area contributed by atoms with Crippen molar-refractivity contribution in [2.45, 2.75) is 103 Å². The highest BCUT2D eigenvalue weighted by Gasteiger charge is 2.52. The molecule has 6 heteroatoms. The average molecular weight is 437 g/mol. The summed E-state index contributed by atoms with van der Waals surface area (Å²) in [6, 6.07) is 0. The highest BCUT2D eigenvalue weighted by atomic mass is 16.7. The molecule has 1 aliphatic heterocycles. The molecule has 0 aromatic heterocycles. The van der Waals surface area contributed by atoms with Gasteiger partial charge in [-0.25, -0.2) is 0 Å². The lowest BCUT2D eigenvalue weighted by atomic mass is 9.49. The molecule has 0 radical (unpaired) electrons. The van der Waals surface area contributed by atoms with E-state index in [2.05, 4.69) is 27.4 Å². The van der Waals surface area contributed by atoms with E-state index in [0.29, 0.717) is 25.2 Å². The van der Waals surface area contributed by atoms with Gasteiger partial charge in [-0.15, -0.1) is 6.58 Å². The average Bonchev–Trinajstić information content (AvgIpc) is 2.70. The van der Waals surface area contributed by atoms with E-state index in [1.54, 1.807) is 6.08 Å². The zero-order chi connectivity index (χ0) is 23.2. The Kier molecular flexibility index (Phi) is 6.91. The third kappa shape index (κ3) is 4.55. The van der Waals surface area contributed by atoms with E-state index in [9.17, 15) is 20.1 Å². The highest BCUT2D eigenvalue weighted by molar-refractivity contribution is 5.97. The van der Waals surface area contributed by atoms with Crippen molar-refractivity contribution in [3.05, 3.63) is 23.8 Å². The molecule has 3 aliphatic rings. The number of rotatable bonds is 6. The molecule has 0 bridgehead atoms. The Bertz CT molecular complexity index is 742. The van der Waals surface area contributed by atoms with Gasteiger partial charge in [0.05, 0.1) is 12.2 Å². The normalized spacial score (nSPS) is 40.3. The largest absolute Gasteiger partial charge is 0.388 e. The van der Waals surface area contributed by atoms with Gasteiger partial charge >= 0.3 is 0 Å². The molecule has 0 amide bonds. The van der Waals surface area contributed by atoms with Crippen molar-refractivity contribution >= 4 is 5.78 Å². The van der Waals surface area contributed by atoms with Crippen LogP contribution in [0, 0.1) is 16.7 Å². The summed E-state index contributed by atoms with van der Waals surface area (Å²) in [7, 11) is 0. The minimum Gasteiger partial charge on any atom is -0.388 e. The van der Waals surface area contributed by atoms with Crippen LogP contribution in [0.15, 0.2) is 23.8 Å². The molecule has 0 aromatic carbocycles. The van der Waals surface area contributed by atoms with Crippen LogP contribution in [0.25, 0.3) is 0 Å². The van der Waals surface area contributed by atoms with Gasteiger partial charge in [-0.2, -0.15) is 0 Å². The first kappa shape index (κ1) is 24.6. The Balaban J connectivity index is 1.79. The molecule has 3 rings (SSSR count). The highest BCUT2D eigenvalue weighted by Crippen LogP contribution is 2.59. The quantitative estimate of drug-likeness (QED) is 0.553. The second-order valence-electron chi connectivity index (χ2n) is 10.9. The van der Waals surface area contributed by atoms with E-state index in [1.807, 2.05) is 13.8 Å². The van der Waals surface area contributed by atoms with Crippen LogP contribution in [0.5, 0.6) is 0 Å². The zero-order valence-electron chi connectivity index (χ0n) is 19.7. The minimum atomic E-state index is -1.35. The summed E-state index contributed by atoms with van der Waals surface area (Å²) in [4.78, 5) is 12.9. The van der Waals surface area contributed by atoms with Crippen molar-refractivity contribution in [2.75, 3.05) is 6.61 Å². The summed E-state index contributed by atoms with van der Waals surface area (Å²) in [5, 5.41) is 29.9. The first-order valence-electron chi connectivity index (χ1n) is 11.6. The molecular weight excluding hydrogens is 396 g/mol. The molecule has 2 fully saturated rings. The van der Waals surface area contributed by atoms with Gasteiger partial charge in [-0.3, -0.25) is 4.79 Å². The number of carbonyl (C=O) groups excluding carboxylic acids is 1. The van der Waals surface area contributed by atoms with Crippen molar-refractivity contribution in [1.29, 1.82) is 0 Å². The number of carbonyl (C=O) groups is 1. The third-order valence-electron chi connectivity index (χ3n) is 8.32. The monoisotopic (exact) mass is 436 g/mol. The lowest BCUT2D eigenvalue weighted by Gasteiger charge is -2.55. The first-order chi connectivity index (χ1) is 14.3. The molecular formula is C25H40O6. The fraction of sp³-hybridized carbons (Fsp3) is 0.800. The van der Waals surface area contributed by atoms with Crippen molar-refractivity contribution in [2.24, 2.45) is 16.7 Å². The van der Waals surface area contributed by atoms with Gasteiger partial charge in [0.15, 0.2) is 12.1 Å². The van der Waals surface area contributed by atoms with Crippen molar-refractivity contribution < 1.29 is 29.6 Å². The maximum atomic E-state index is 12.9. The number of Topliss-reactive ketones (excluding diaryl/α,β-unsaturated/α-hetero) is 1. The lowest BCUT2D eigenvalue weighted by Crippen LogP contribution is -2.55. The van der Waals surface area contributed by atoms with Gasteiger partial charge in [0.1, 0.15) is 18.3 Å². The summed E-state index contributed by atoms with van der Waals surface area (Å²) in [6.45, 7) is 14.5. The Hall–Kier alpha value is -1.05. The molecule has 2 aliphatic carbocycles. The van der Waals surface area contributed by atoms with Crippen LogP contribution in [0.2, 0.25) is 0 Å². The fourth-order valence-electron chi connectivity index (χ4n) is 6.12. The van der Waals surface area contributed by atoms with Gasteiger partial charge in [-0.1, -0.05) is 38.8 Å². The third-order valence-corrected chi connectivity index (χ3v) is 8.32. The molecule has 6 nitrogen and oxygen atoms in total. The molecule has 31 heavy (non-hydrogen) atoms. The van der Waals surface area contributed by atoms with E-state index in [-0.39, 0.29) is 23.2 Å². The topological polar surface area (TPSA) is 96.2 Å². The first-order valence-corrected chi connectivity index (χ1v) is 11.6. The van der Waals surface area contributed by atoms with E-state index >= 15 is 0 Å². The van der Waals surface area contributed by atoms with Crippen molar-refractivity contribution in [3.63, 3.8) is 0 Å². The Morgan fingerprint density at radius 3 is 2.55 bits per heavy atom. The van der Waals surface area contributed by atoms with Gasteiger partial charge < -0.3 is 24.8 Å². The number of hydrogen-bond acceptors (Lipinski definition) is 6. The van der Waals surface area contributed by atoms with Gasteiger partial charge in [0.25, 0.3) is 0 Å². The van der Waals surface area contributed by atoms with E-state index < -0.39 is 30.2 Å². The molecule has 3 N–H and O–H groups in total. The molecule has 1 saturated heterocycles. The maximum absolute atomic E-state index is 12.9. The fourth-order valence-corrected chi connectivity index (χ4v) is 6.12. The molecule has 7 atom stereocenters. The summed E-state index contributed by atoms with van der Waals surface area (Å²) in [6.07, 6.45) is 2.09. The van der Waals surface area contributed by atoms with Crippen LogP contribution in [0.4, 0.5) is 0 Å². The summed E-state index contributed by atoms with van der Waals surface area (Å²) in [5.41, 5.74) is 1.40. The molecule has 176 valence electrons. The molecule has 0 aromatic rings. The Morgan fingerprint density at radius 2 is 1.90 bits per heavy atom. The Morgan fingerprint density at radius 1 is 1.23 bits per heavy atom. The predicted molar refractivity (Wildman–Crippen MR) is 118 cm³/mol. The van der Waals surface area contributed by atoms with Crippen LogP contribution in [0.1, 0.15) is 73.1 Å². The lowest BCUT2D eigenvalue weighted by molar-refractivity contribution is -0.292. The number of hydrogen-bond donors (Lipinski definition) is 3. The van der Waals surface area contributed by atoms with E-state index in [4.69, 9.17) is 9.47 Å². The number of ether oxygens (including phenoxy) is 2. The zero-order valence-corrected chi connectivity index (χ0v) is 19.7. The smallest absolute Gasteiger partial charge is 0.187 e. The van der Waals surface area contributed by atoms with Crippen LogP contribution in [-0.4, -0.2) is 57.9 Å². The van der Waals surface area contributed by atoms with Crippen molar-refractivity contribution in [1.82, 2.24) is 0 Å². The number of aliphatic hydroxyl groups is 3. The maximum Gasteiger partial charge on any atom is 0.187 e. The van der Waals surface area contributed by atoms with Crippen molar-refractivity contribution in [3.8, 4) is 0 Å². The second-order valence-corrected chi connectivity index (χ2v) is 10.9. The Labute approximate surface area is 186 Å². The summed E-state index contributed by atoms with van der Waals surface area (Å²) < 4.78 is 11.5. The number of allylic oxidation sites excluding steroid dienone is 2.